The SMILES string of the molecule is [2H]N(CC(=O)N1CCC[C@H]1C(=O)O)C(=O)OCc1ccccc1. The highest BCUT2D eigenvalue weighted by Crippen LogP contribution is 2.17. The number of nitrogens with one attached hydrogen (secondary N) is 1. The zero-order valence-electron chi connectivity index (χ0n) is 13.0. The van der Waals surface area contributed by atoms with Crippen molar-refractivity contribution in [3.8, 4) is 0 Å². The van der Waals surface area contributed by atoms with E-state index in [-0.39, 0.29) is 6.61 Å². The Hall–Kier alpha value is -2.57. The van der Waals surface area contributed by atoms with E-state index in [1.165, 1.54) is 4.90 Å². The molecule has 1 aliphatic heterocycles. The van der Waals surface area contributed by atoms with Crippen molar-refractivity contribution in [2.45, 2.75) is 25.5 Å². The van der Waals surface area contributed by atoms with Gasteiger partial charge in [0.2, 0.25) is 5.91 Å². The lowest BCUT2D eigenvalue weighted by Gasteiger charge is -2.21. The number of likely N-dealkylation sites (tertiary alicyclic amines) is 1. The topological polar surface area (TPSA) is 95.9 Å². The van der Waals surface area contributed by atoms with Crippen LogP contribution in [-0.4, -0.2) is 47.1 Å². The zero-order chi connectivity index (χ0) is 16.8. The van der Waals surface area contributed by atoms with Gasteiger partial charge >= 0.3 is 12.1 Å². The Morgan fingerprint density at radius 3 is 2.77 bits per heavy atom. The maximum absolute atomic E-state index is 12.0. The average Bonchev–Trinajstić information content (AvgIpc) is 3.03. The molecule has 1 aromatic carbocycles. The van der Waals surface area contributed by atoms with Crippen LogP contribution < -0.4 is 5.31 Å². The average molecular weight is 307 g/mol. The predicted molar refractivity (Wildman–Crippen MR) is 77.0 cm³/mol. The largest absolute Gasteiger partial charge is 0.480 e. The standard InChI is InChI=1S/C15H18N2O5/c18-13(17-8-4-7-12(17)14(19)20)9-16-15(21)22-10-11-5-2-1-3-6-11/h1-3,5-6,12H,4,7-10H2,(H,16,21)(H,19,20)/t12-/m0/s1/i/hD. The molecule has 0 aromatic heterocycles. The lowest BCUT2D eigenvalue weighted by Crippen LogP contribution is -2.45. The molecule has 118 valence electrons. The van der Waals surface area contributed by atoms with Crippen LogP contribution >= 0.6 is 0 Å². The molecule has 1 heterocycles. The van der Waals surface area contributed by atoms with Gasteiger partial charge in [-0.1, -0.05) is 30.3 Å². The van der Waals surface area contributed by atoms with Gasteiger partial charge < -0.3 is 20.1 Å². The van der Waals surface area contributed by atoms with E-state index in [0.29, 0.717) is 24.7 Å². The van der Waals surface area contributed by atoms with Crippen molar-refractivity contribution in [3.05, 3.63) is 35.9 Å². The summed E-state index contributed by atoms with van der Waals surface area (Å²) >= 11 is 0. The molecule has 22 heavy (non-hydrogen) atoms. The van der Waals surface area contributed by atoms with Crippen LogP contribution in [0.1, 0.15) is 18.4 Å². The van der Waals surface area contributed by atoms with Crippen LogP contribution in [0.25, 0.3) is 0 Å². The molecule has 0 spiro atoms. The first-order valence-electron chi connectivity index (χ1n) is 7.43. The van der Waals surface area contributed by atoms with Crippen molar-refractivity contribution in [1.82, 2.24) is 10.2 Å². The summed E-state index contributed by atoms with van der Waals surface area (Å²) < 4.78 is 12.5. The van der Waals surface area contributed by atoms with Crippen LogP contribution in [0.15, 0.2) is 30.3 Å². The van der Waals surface area contributed by atoms with E-state index in [1.807, 2.05) is 6.07 Å². The Labute approximate surface area is 129 Å². The van der Waals surface area contributed by atoms with Gasteiger partial charge in [0.05, 0.1) is 0 Å². The predicted octanol–water partition coefficient (Wildman–Crippen LogP) is 0.988. The molecule has 0 radical (unpaired) electrons. The number of ether oxygens (including phenoxy) is 1. The Morgan fingerprint density at radius 1 is 1.36 bits per heavy atom. The second kappa shape index (κ2) is 7.44. The number of carboxylic acids is 1. The fourth-order valence-electron chi connectivity index (χ4n) is 2.31. The number of carbonyl (C=O) groups excluding carboxylic acids is 2. The molecule has 1 aliphatic rings. The highest BCUT2D eigenvalue weighted by atomic mass is 16.5. The number of rotatable bonds is 5. The van der Waals surface area contributed by atoms with Gasteiger partial charge in [-0.05, 0) is 18.4 Å². The Balaban J connectivity index is 1.83. The number of hydrogen-bond acceptors (Lipinski definition) is 4. The summed E-state index contributed by atoms with van der Waals surface area (Å²) in [6.45, 7) is -0.204. The number of carboxylic acid groups (broad SMARTS) is 1. The van der Waals surface area contributed by atoms with E-state index < -0.39 is 30.6 Å². The first kappa shape index (κ1) is 14.4. The summed E-state index contributed by atoms with van der Waals surface area (Å²) in [6, 6.07) is 8.09. The quantitative estimate of drug-likeness (QED) is 0.845. The maximum atomic E-state index is 12.0. The third-order valence-corrected chi connectivity index (χ3v) is 3.41. The number of carbonyl (C=O) groups is 3. The van der Waals surface area contributed by atoms with Gasteiger partial charge in [0.25, 0.3) is 0 Å². The fraction of sp³-hybridized carbons (Fsp3) is 0.400. The van der Waals surface area contributed by atoms with Crippen LogP contribution in [0, 0.1) is 0 Å². The van der Waals surface area contributed by atoms with Crippen molar-refractivity contribution >= 4 is 18.0 Å². The second-order valence-electron chi connectivity index (χ2n) is 4.94. The summed E-state index contributed by atoms with van der Waals surface area (Å²) in [5.74, 6) is -1.64. The molecule has 0 saturated carbocycles. The minimum atomic E-state index is -1.07. The summed E-state index contributed by atoms with van der Waals surface area (Å²) in [7, 11) is 0. The van der Waals surface area contributed by atoms with Crippen molar-refractivity contribution in [1.29, 1.82) is 0 Å². The van der Waals surface area contributed by atoms with E-state index in [9.17, 15) is 14.4 Å². The van der Waals surface area contributed by atoms with Gasteiger partial charge in [0.1, 0.15) is 19.2 Å². The molecule has 1 fully saturated rings. The number of aliphatic carboxylic acids is 1. The van der Waals surface area contributed by atoms with E-state index in [0.717, 1.165) is 5.56 Å². The minimum absolute atomic E-state index is 0.00467. The summed E-state index contributed by atoms with van der Waals surface area (Å²) in [4.78, 5) is 36.0. The maximum Gasteiger partial charge on any atom is 0.407 e. The first-order chi connectivity index (χ1) is 11.0. The van der Waals surface area contributed by atoms with Crippen LogP contribution in [0.3, 0.4) is 0 Å². The lowest BCUT2D eigenvalue weighted by molar-refractivity contribution is -0.147. The minimum Gasteiger partial charge on any atom is -0.480 e. The number of amides is 2. The van der Waals surface area contributed by atoms with Crippen LogP contribution in [0.5, 0.6) is 0 Å². The monoisotopic (exact) mass is 307 g/mol. The smallest absolute Gasteiger partial charge is 0.407 e. The molecule has 2 N–H and O–H groups in total. The Morgan fingerprint density at radius 2 is 2.09 bits per heavy atom. The molecule has 0 bridgehead atoms. The molecule has 0 unspecified atom stereocenters. The highest BCUT2D eigenvalue weighted by Gasteiger charge is 2.33. The van der Waals surface area contributed by atoms with E-state index >= 15 is 0 Å². The Kier molecular flexibility index (Phi) is 4.86. The number of nitrogens with zero attached hydrogens (tertiary/aromatic N) is 1. The summed E-state index contributed by atoms with van der Waals surface area (Å²) in [6.07, 6.45) is 0.0322. The highest BCUT2D eigenvalue weighted by molar-refractivity contribution is 5.87. The third-order valence-electron chi connectivity index (χ3n) is 3.41. The van der Waals surface area contributed by atoms with Crippen LogP contribution in [0.4, 0.5) is 4.79 Å². The van der Waals surface area contributed by atoms with Crippen molar-refractivity contribution < 1.29 is 25.6 Å². The molecule has 0 aliphatic carbocycles. The van der Waals surface area contributed by atoms with Gasteiger partial charge in [-0.3, -0.25) is 4.79 Å². The summed E-state index contributed by atoms with van der Waals surface area (Å²) in [5.41, 5.74) is 0.770. The van der Waals surface area contributed by atoms with Gasteiger partial charge in [0.15, 0.2) is 1.41 Å². The molecular weight excluding hydrogens is 288 g/mol. The molecule has 1 atom stereocenters. The molecule has 2 amide bonds. The molecule has 7 heteroatoms. The first-order valence-corrected chi connectivity index (χ1v) is 6.98. The van der Waals surface area contributed by atoms with Crippen LogP contribution in [-0.2, 0) is 20.9 Å². The van der Waals surface area contributed by atoms with Gasteiger partial charge in [-0.2, -0.15) is 0 Å². The van der Waals surface area contributed by atoms with Gasteiger partial charge in [0, 0.05) is 6.54 Å². The number of alkyl carbamates (subject to hydrolysis) is 1. The van der Waals surface area contributed by atoms with Crippen molar-refractivity contribution in [3.63, 3.8) is 0 Å². The zero-order valence-corrected chi connectivity index (χ0v) is 12.0. The second-order valence-corrected chi connectivity index (χ2v) is 4.94. The van der Waals surface area contributed by atoms with E-state index in [2.05, 4.69) is 0 Å². The fourth-order valence-corrected chi connectivity index (χ4v) is 2.31. The third kappa shape index (κ3) is 4.21. The molecule has 2 rings (SSSR count). The normalized spacial score (nSPS) is 17.7. The van der Waals surface area contributed by atoms with E-state index in [4.69, 9.17) is 11.3 Å². The van der Waals surface area contributed by atoms with Gasteiger partial charge in [-0.25, -0.2) is 9.59 Å². The van der Waals surface area contributed by atoms with Gasteiger partial charge in [-0.15, -0.1) is 0 Å². The van der Waals surface area contributed by atoms with Crippen molar-refractivity contribution in [2.24, 2.45) is 0 Å². The molecular formula is C15H18N2O5. The molecule has 1 aromatic rings. The van der Waals surface area contributed by atoms with Crippen LogP contribution in [0.2, 0.25) is 1.41 Å². The number of hydrogen-bond donors (Lipinski definition) is 2. The molecule has 1 saturated heterocycles. The van der Waals surface area contributed by atoms with Crippen molar-refractivity contribution in [2.75, 3.05) is 13.1 Å². The summed E-state index contributed by atoms with van der Waals surface area (Å²) in [5, 5.41) is 9.45. The number of benzene rings is 1. The van der Waals surface area contributed by atoms with E-state index in [1.54, 1.807) is 24.3 Å². The Bertz CT molecular complexity index is 580. The molecule has 7 nitrogen and oxygen atoms in total. The lowest BCUT2D eigenvalue weighted by atomic mass is 10.2.